The molecule has 1 aromatic rings. The molecule has 0 fully saturated rings. The zero-order chi connectivity index (χ0) is 14.6. The van der Waals surface area contributed by atoms with Crippen molar-refractivity contribution in [3.8, 4) is 0 Å². The lowest BCUT2D eigenvalue weighted by atomic mass is 10.2. The molecule has 1 atom stereocenters. The maximum absolute atomic E-state index is 12.5. The first kappa shape index (κ1) is 15.8. The van der Waals surface area contributed by atoms with Crippen LogP contribution >= 0.6 is 0 Å². The minimum Gasteiger partial charge on any atom is -0.359 e. The topological polar surface area (TPSA) is 28.2 Å². The molecule has 0 radical (unpaired) electrons. The Morgan fingerprint density at radius 1 is 1.26 bits per heavy atom. The second-order valence-electron chi connectivity index (χ2n) is 4.79. The van der Waals surface area contributed by atoms with Crippen LogP contribution < -0.4 is 10.2 Å². The predicted molar refractivity (Wildman–Crippen MR) is 70.2 cm³/mol. The van der Waals surface area contributed by atoms with Crippen LogP contribution in [-0.2, 0) is 0 Å². The average Bonchev–Trinajstić information content (AvgIpc) is 2.34. The third-order valence-corrected chi connectivity index (χ3v) is 2.95. The highest BCUT2D eigenvalue weighted by Gasteiger charge is 2.32. The Morgan fingerprint density at radius 3 is 2.26 bits per heavy atom. The van der Waals surface area contributed by atoms with Crippen LogP contribution in [0, 0.1) is 0 Å². The molecule has 0 bridgehead atoms. The minimum atomic E-state index is -4.22. The van der Waals surface area contributed by atoms with E-state index in [1.807, 2.05) is 14.0 Å². The van der Waals surface area contributed by atoms with Crippen molar-refractivity contribution in [3.63, 3.8) is 0 Å². The van der Waals surface area contributed by atoms with Crippen LogP contribution in [0.15, 0.2) is 18.3 Å². The second-order valence-corrected chi connectivity index (χ2v) is 4.79. The summed E-state index contributed by atoms with van der Waals surface area (Å²) in [7, 11) is 1.81. The maximum Gasteiger partial charge on any atom is 0.405 e. The van der Waals surface area contributed by atoms with Gasteiger partial charge in [-0.2, -0.15) is 13.2 Å². The molecule has 1 unspecified atom stereocenters. The van der Waals surface area contributed by atoms with Gasteiger partial charge in [0, 0.05) is 12.1 Å². The van der Waals surface area contributed by atoms with Gasteiger partial charge in [0.15, 0.2) is 0 Å². The molecule has 1 heterocycles. The Morgan fingerprint density at radius 2 is 1.89 bits per heavy atom. The molecule has 0 saturated heterocycles. The molecule has 1 N–H and O–H groups in total. The molecule has 0 aliphatic carbocycles. The maximum atomic E-state index is 12.5. The molecular weight excluding hydrogens is 255 g/mol. The number of rotatable bonds is 5. The fourth-order valence-electron chi connectivity index (χ4n) is 1.74. The number of nitrogens with zero attached hydrogens (tertiary/aromatic N) is 2. The summed E-state index contributed by atoms with van der Waals surface area (Å²) in [6.45, 7) is 4.44. The first-order valence-corrected chi connectivity index (χ1v) is 6.21. The normalized spacial score (nSPS) is 13.7. The summed E-state index contributed by atoms with van der Waals surface area (Å²) < 4.78 is 37.6. The highest BCUT2D eigenvalue weighted by Crippen LogP contribution is 2.24. The molecular formula is C13H20F3N3. The third kappa shape index (κ3) is 4.70. The molecule has 3 nitrogen and oxygen atoms in total. The van der Waals surface area contributed by atoms with Crippen LogP contribution in [-0.4, -0.2) is 30.8 Å². The van der Waals surface area contributed by atoms with Crippen molar-refractivity contribution in [2.45, 2.75) is 39.0 Å². The molecule has 0 aliphatic heterocycles. The van der Waals surface area contributed by atoms with Crippen molar-refractivity contribution in [1.29, 1.82) is 0 Å². The van der Waals surface area contributed by atoms with E-state index in [4.69, 9.17) is 0 Å². The number of pyridine rings is 1. The Hall–Kier alpha value is -1.30. The van der Waals surface area contributed by atoms with E-state index in [0.29, 0.717) is 5.69 Å². The van der Waals surface area contributed by atoms with Crippen LogP contribution in [0.3, 0.4) is 0 Å². The SMILES string of the molecule is CNC(C)c1ccc(N(CC(F)(F)F)C(C)C)cn1. The average molecular weight is 275 g/mol. The fraction of sp³-hybridized carbons (Fsp3) is 0.615. The predicted octanol–water partition coefficient (Wildman–Crippen LogP) is 3.14. The smallest absolute Gasteiger partial charge is 0.359 e. The van der Waals surface area contributed by atoms with Gasteiger partial charge in [-0.05, 0) is 40.0 Å². The second kappa shape index (κ2) is 6.23. The molecule has 0 aromatic carbocycles. The number of hydrogen-bond acceptors (Lipinski definition) is 3. The zero-order valence-corrected chi connectivity index (χ0v) is 11.6. The number of anilines is 1. The summed E-state index contributed by atoms with van der Waals surface area (Å²) in [5.41, 5.74) is 1.29. The molecule has 108 valence electrons. The Labute approximate surface area is 111 Å². The van der Waals surface area contributed by atoms with Crippen molar-refractivity contribution < 1.29 is 13.2 Å². The van der Waals surface area contributed by atoms with Crippen molar-refractivity contribution in [2.75, 3.05) is 18.5 Å². The van der Waals surface area contributed by atoms with Gasteiger partial charge in [-0.1, -0.05) is 0 Å². The molecule has 1 aromatic heterocycles. The van der Waals surface area contributed by atoms with Crippen molar-refractivity contribution in [1.82, 2.24) is 10.3 Å². The van der Waals surface area contributed by atoms with E-state index in [1.54, 1.807) is 26.0 Å². The lowest BCUT2D eigenvalue weighted by molar-refractivity contribution is -0.120. The lowest BCUT2D eigenvalue weighted by Gasteiger charge is -2.29. The number of hydrogen-bond donors (Lipinski definition) is 1. The number of nitrogens with one attached hydrogen (secondary N) is 1. The highest BCUT2D eigenvalue weighted by molar-refractivity contribution is 5.45. The largest absolute Gasteiger partial charge is 0.405 e. The molecule has 19 heavy (non-hydrogen) atoms. The van der Waals surface area contributed by atoms with E-state index in [0.717, 1.165) is 5.69 Å². The standard InChI is InChI=1S/C13H20F3N3/c1-9(2)19(8-13(14,15)16)11-5-6-12(18-7-11)10(3)17-4/h5-7,9-10,17H,8H2,1-4H3. The summed E-state index contributed by atoms with van der Waals surface area (Å²) >= 11 is 0. The van der Waals surface area contributed by atoms with Crippen LogP contribution in [0.5, 0.6) is 0 Å². The van der Waals surface area contributed by atoms with Gasteiger partial charge in [-0.3, -0.25) is 4.98 Å². The first-order valence-electron chi connectivity index (χ1n) is 6.21. The molecule has 6 heteroatoms. The Bertz CT molecular complexity index is 387. The first-order chi connectivity index (χ1) is 8.74. The zero-order valence-electron chi connectivity index (χ0n) is 11.6. The molecule has 0 amide bonds. The minimum absolute atomic E-state index is 0.0733. The number of halogens is 3. The summed E-state index contributed by atoms with van der Waals surface area (Å²) in [5, 5.41) is 3.03. The fourth-order valence-corrected chi connectivity index (χ4v) is 1.74. The monoisotopic (exact) mass is 275 g/mol. The van der Waals surface area contributed by atoms with Gasteiger partial charge < -0.3 is 10.2 Å². The van der Waals surface area contributed by atoms with E-state index >= 15 is 0 Å². The van der Waals surface area contributed by atoms with Crippen LogP contribution in [0.4, 0.5) is 18.9 Å². The van der Waals surface area contributed by atoms with Crippen molar-refractivity contribution in [2.24, 2.45) is 0 Å². The van der Waals surface area contributed by atoms with Gasteiger partial charge in [-0.25, -0.2) is 0 Å². The molecule has 0 saturated carbocycles. The Balaban J connectivity index is 2.92. The van der Waals surface area contributed by atoms with Crippen molar-refractivity contribution in [3.05, 3.63) is 24.0 Å². The third-order valence-electron chi connectivity index (χ3n) is 2.95. The van der Waals surface area contributed by atoms with Crippen LogP contribution in [0.2, 0.25) is 0 Å². The molecule has 1 rings (SSSR count). The van der Waals surface area contributed by atoms with Gasteiger partial charge >= 0.3 is 6.18 Å². The van der Waals surface area contributed by atoms with E-state index in [2.05, 4.69) is 10.3 Å². The van der Waals surface area contributed by atoms with E-state index in [1.165, 1.54) is 11.1 Å². The summed E-state index contributed by atoms with van der Waals surface area (Å²) in [5.74, 6) is 0. The summed E-state index contributed by atoms with van der Waals surface area (Å²) in [6, 6.07) is 3.27. The van der Waals surface area contributed by atoms with Crippen LogP contribution in [0.25, 0.3) is 0 Å². The van der Waals surface area contributed by atoms with Crippen LogP contribution in [0.1, 0.15) is 32.5 Å². The quantitative estimate of drug-likeness (QED) is 0.894. The number of alkyl halides is 3. The van der Waals surface area contributed by atoms with Crippen molar-refractivity contribution >= 4 is 5.69 Å². The van der Waals surface area contributed by atoms with E-state index in [-0.39, 0.29) is 12.1 Å². The van der Waals surface area contributed by atoms with Gasteiger partial charge in [0.1, 0.15) is 6.54 Å². The number of aromatic nitrogens is 1. The molecule has 0 spiro atoms. The highest BCUT2D eigenvalue weighted by atomic mass is 19.4. The lowest BCUT2D eigenvalue weighted by Crippen LogP contribution is -2.39. The summed E-state index contributed by atoms with van der Waals surface area (Å²) in [6.07, 6.45) is -2.73. The van der Waals surface area contributed by atoms with E-state index in [9.17, 15) is 13.2 Å². The van der Waals surface area contributed by atoms with Gasteiger partial charge in [0.25, 0.3) is 0 Å². The van der Waals surface area contributed by atoms with Gasteiger partial charge in [-0.15, -0.1) is 0 Å². The van der Waals surface area contributed by atoms with Gasteiger partial charge in [0.2, 0.25) is 0 Å². The van der Waals surface area contributed by atoms with E-state index < -0.39 is 12.7 Å². The summed E-state index contributed by atoms with van der Waals surface area (Å²) in [4.78, 5) is 5.50. The molecule has 0 aliphatic rings. The Kier molecular flexibility index (Phi) is 5.17. The van der Waals surface area contributed by atoms with Gasteiger partial charge in [0.05, 0.1) is 17.6 Å².